The number of likely N-dealkylation sites (tertiary alicyclic amines) is 1. The van der Waals surface area contributed by atoms with Crippen LogP contribution in [0.2, 0.25) is 0 Å². The molecule has 1 amide bonds. The molecule has 0 aliphatic carbocycles. The first-order chi connectivity index (χ1) is 14.2. The monoisotopic (exact) mass is 395 g/mol. The van der Waals surface area contributed by atoms with Gasteiger partial charge in [-0.05, 0) is 30.9 Å². The number of hydrogen-bond donors (Lipinski definition) is 1. The van der Waals surface area contributed by atoms with Gasteiger partial charge >= 0.3 is 0 Å². The second kappa shape index (κ2) is 9.44. The van der Waals surface area contributed by atoms with Crippen molar-refractivity contribution in [1.29, 1.82) is 0 Å². The highest BCUT2D eigenvalue weighted by atomic mass is 16.2. The van der Waals surface area contributed by atoms with E-state index in [2.05, 4.69) is 46.3 Å². The summed E-state index contributed by atoms with van der Waals surface area (Å²) >= 11 is 0. The highest BCUT2D eigenvalue weighted by Crippen LogP contribution is 2.23. The maximum atomic E-state index is 12.6. The van der Waals surface area contributed by atoms with Crippen molar-refractivity contribution in [2.75, 3.05) is 39.3 Å². The van der Waals surface area contributed by atoms with Crippen LogP contribution in [0.1, 0.15) is 37.3 Å². The molecule has 3 aliphatic heterocycles. The molecule has 0 aromatic heterocycles. The molecule has 1 aromatic carbocycles. The zero-order valence-corrected chi connectivity index (χ0v) is 17.5. The number of carbonyl (C=O) groups excluding carboxylic acids is 1. The van der Waals surface area contributed by atoms with E-state index in [1.165, 1.54) is 17.5 Å². The molecule has 4 rings (SSSR count). The fraction of sp³-hybridized carbons (Fsp3) is 0.565. The first-order valence-electron chi connectivity index (χ1n) is 11.0. The molecule has 1 atom stereocenters. The van der Waals surface area contributed by atoms with Gasteiger partial charge in [0.1, 0.15) is 0 Å². The Bertz CT molecular complexity index is 741. The van der Waals surface area contributed by atoms with Crippen molar-refractivity contribution in [3.63, 3.8) is 0 Å². The van der Waals surface area contributed by atoms with E-state index < -0.39 is 0 Å². The molecule has 0 radical (unpaired) electrons. The van der Waals surface area contributed by atoms with Crippen LogP contribution in [-0.2, 0) is 17.9 Å². The summed E-state index contributed by atoms with van der Waals surface area (Å²) in [5, 5.41) is 3.44. The summed E-state index contributed by atoms with van der Waals surface area (Å²) in [6, 6.07) is 8.96. The van der Waals surface area contributed by atoms with Gasteiger partial charge in [0, 0.05) is 64.8 Å². The summed E-state index contributed by atoms with van der Waals surface area (Å²) in [5.41, 5.74) is 2.56. The average molecular weight is 396 g/mol. The molecular formula is C23H33N5O. The molecular weight excluding hydrogens is 362 g/mol. The van der Waals surface area contributed by atoms with Crippen molar-refractivity contribution in [1.82, 2.24) is 20.0 Å². The van der Waals surface area contributed by atoms with Gasteiger partial charge in [0.25, 0.3) is 0 Å². The van der Waals surface area contributed by atoms with Crippen LogP contribution in [0.4, 0.5) is 0 Å². The predicted octanol–water partition coefficient (Wildman–Crippen LogP) is 2.22. The molecule has 1 unspecified atom stereocenters. The molecule has 1 fully saturated rings. The smallest absolute Gasteiger partial charge is 0.223 e. The normalized spacial score (nSPS) is 21.8. The summed E-state index contributed by atoms with van der Waals surface area (Å²) < 4.78 is 0. The lowest BCUT2D eigenvalue weighted by atomic mass is 10.1. The third kappa shape index (κ3) is 4.81. The van der Waals surface area contributed by atoms with Gasteiger partial charge in [0.05, 0.1) is 0 Å². The number of fused-ring (bicyclic) bond motifs is 1. The third-order valence-corrected chi connectivity index (χ3v) is 6.16. The van der Waals surface area contributed by atoms with Crippen molar-refractivity contribution in [3.05, 3.63) is 47.5 Å². The Labute approximate surface area is 174 Å². The van der Waals surface area contributed by atoms with Crippen molar-refractivity contribution in [2.45, 2.75) is 45.3 Å². The average Bonchev–Trinajstić information content (AvgIpc) is 3.49. The van der Waals surface area contributed by atoms with Crippen LogP contribution >= 0.6 is 0 Å². The lowest BCUT2D eigenvalue weighted by Crippen LogP contribution is -2.42. The van der Waals surface area contributed by atoms with Gasteiger partial charge in [-0.3, -0.25) is 14.7 Å². The Morgan fingerprint density at radius 1 is 1.14 bits per heavy atom. The van der Waals surface area contributed by atoms with Crippen molar-refractivity contribution in [2.24, 2.45) is 4.99 Å². The van der Waals surface area contributed by atoms with Crippen molar-refractivity contribution < 1.29 is 4.79 Å². The maximum Gasteiger partial charge on any atom is 0.223 e. The minimum Gasteiger partial charge on any atom is -0.357 e. The van der Waals surface area contributed by atoms with Gasteiger partial charge < -0.3 is 15.1 Å². The third-order valence-electron chi connectivity index (χ3n) is 6.16. The molecule has 6 nitrogen and oxygen atoms in total. The molecule has 1 N–H and O–H groups in total. The molecule has 156 valence electrons. The number of rotatable bonds is 6. The molecule has 29 heavy (non-hydrogen) atoms. The standard InChI is InChI=1S/C23H33N5O/c1-2-24-23(27-15-11-21(18-27)26-13-5-6-14-26)25-12-7-10-22(29)28-16-19-8-3-4-9-20(19)17-28/h3-6,8-9,21H,2,7,10-18H2,1H3,(H,24,25). The Balaban J connectivity index is 1.23. The zero-order valence-electron chi connectivity index (χ0n) is 17.5. The lowest BCUT2D eigenvalue weighted by molar-refractivity contribution is -0.131. The van der Waals surface area contributed by atoms with Gasteiger partial charge in [-0.15, -0.1) is 0 Å². The highest BCUT2D eigenvalue weighted by molar-refractivity contribution is 5.80. The Morgan fingerprint density at radius 2 is 1.86 bits per heavy atom. The number of carbonyl (C=O) groups is 1. The predicted molar refractivity (Wildman–Crippen MR) is 117 cm³/mol. The Hall–Kier alpha value is -2.34. The largest absolute Gasteiger partial charge is 0.357 e. The fourth-order valence-electron chi connectivity index (χ4n) is 4.53. The fourth-order valence-corrected chi connectivity index (χ4v) is 4.53. The molecule has 0 spiro atoms. The van der Waals surface area contributed by atoms with Gasteiger partial charge in [-0.25, -0.2) is 0 Å². The summed E-state index contributed by atoms with van der Waals surface area (Å²) in [7, 11) is 0. The van der Waals surface area contributed by atoms with Gasteiger partial charge in [0.15, 0.2) is 5.96 Å². The molecule has 0 saturated carbocycles. The first-order valence-corrected chi connectivity index (χ1v) is 11.0. The van der Waals surface area contributed by atoms with E-state index in [1.807, 2.05) is 17.0 Å². The van der Waals surface area contributed by atoms with Crippen LogP contribution in [0, 0.1) is 0 Å². The van der Waals surface area contributed by atoms with Gasteiger partial charge in [-0.1, -0.05) is 36.4 Å². The maximum absolute atomic E-state index is 12.6. The second-order valence-corrected chi connectivity index (χ2v) is 8.17. The molecule has 0 bridgehead atoms. The van der Waals surface area contributed by atoms with Crippen molar-refractivity contribution in [3.8, 4) is 0 Å². The van der Waals surface area contributed by atoms with Crippen LogP contribution in [0.15, 0.2) is 41.4 Å². The van der Waals surface area contributed by atoms with Gasteiger partial charge in [-0.2, -0.15) is 0 Å². The number of hydrogen-bond acceptors (Lipinski definition) is 3. The van der Waals surface area contributed by atoms with Crippen LogP contribution in [0.25, 0.3) is 0 Å². The lowest BCUT2D eigenvalue weighted by Gasteiger charge is -2.25. The van der Waals surface area contributed by atoms with Crippen molar-refractivity contribution >= 4 is 11.9 Å². The minimum absolute atomic E-state index is 0.240. The second-order valence-electron chi connectivity index (χ2n) is 8.17. The number of aliphatic imine (C=N–C) groups is 1. The number of nitrogens with zero attached hydrogens (tertiary/aromatic N) is 4. The molecule has 6 heteroatoms. The topological polar surface area (TPSA) is 51.2 Å². The molecule has 1 aromatic rings. The number of benzene rings is 1. The van der Waals surface area contributed by atoms with E-state index in [-0.39, 0.29) is 5.91 Å². The first kappa shape index (κ1) is 20.0. The summed E-state index contributed by atoms with van der Waals surface area (Å²) in [4.78, 5) is 24.3. The van der Waals surface area contributed by atoms with E-state index in [1.54, 1.807) is 0 Å². The summed E-state index contributed by atoms with van der Waals surface area (Å²) in [5.74, 6) is 1.24. The van der Waals surface area contributed by atoms with Crippen LogP contribution in [-0.4, -0.2) is 71.9 Å². The van der Waals surface area contributed by atoms with Gasteiger partial charge in [0.2, 0.25) is 5.91 Å². The highest BCUT2D eigenvalue weighted by Gasteiger charge is 2.29. The number of guanidine groups is 1. The van der Waals surface area contributed by atoms with E-state index in [4.69, 9.17) is 4.99 Å². The minimum atomic E-state index is 0.240. The summed E-state index contributed by atoms with van der Waals surface area (Å²) in [6.07, 6.45) is 7.09. The van der Waals surface area contributed by atoms with Crippen LogP contribution in [0.5, 0.6) is 0 Å². The molecule has 3 heterocycles. The summed E-state index contributed by atoms with van der Waals surface area (Å²) in [6.45, 7) is 9.43. The SMILES string of the molecule is CCNC(=NCCCC(=O)N1Cc2ccccc2C1)N1CCC(N2CC=CC2)C1. The zero-order chi connectivity index (χ0) is 20.1. The molecule has 1 saturated heterocycles. The Kier molecular flexibility index (Phi) is 6.49. The number of amides is 1. The molecule has 3 aliphatic rings. The van der Waals surface area contributed by atoms with E-state index in [0.29, 0.717) is 19.0 Å². The quantitative estimate of drug-likeness (QED) is 0.347. The Morgan fingerprint density at radius 3 is 2.55 bits per heavy atom. The van der Waals surface area contributed by atoms with Crippen LogP contribution < -0.4 is 5.32 Å². The van der Waals surface area contributed by atoms with E-state index in [0.717, 1.165) is 58.2 Å². The van der Waals surface area contributed by atoms with E-state index in [9.17, 15) is 4.79 Å². The van der Waals surface area contributed by atoms with Crippen LogP contribution in [0.3, 0.4) is 0 Å². The van der Waals surface area contributed by atoms with E-state index >= 15 is 0 Å². The number of nitrogens with one attached hydrogen (secondary N) is 1.